The third-order valence-electron chi connectivity index (χ3n) is 1.69. The molecule has 60 valence electrons. The number of hydrogen-bond acceptors (Lipinski definition) is 2. The fourth-order valence-corrected chi connectivity index (χ4v) is 1.10. The molecule has 3 nitrogen and oxygen atoms in total. The van der Waals surface area contributed by atoms with E-state index in [2.05, 4.69) is 10.2 Å². The summed E-state index contributed by atoms with van der Waals surface area (Å²) in [6.07, 6.45) is 10.2. The molecule has 0 aromatic carbocycles. The normalized spacial score (nSPS) is 20.2. The van der Waals surface area contributed by atoms with Gasteiger partial charge in [-0.1, -0.05) is 32.1 Å². The molecule has 0 aromatic heterocycles. The van der Waals surface area contributed by atoms with Crippen molar-refractivity contribution in [1.29, 1.82) is 0 Å². The summed E-state index contributed by atoms with van der Waals surface area (Å²) < 4.78 is 0. The van der Waals surface area contributed by atoms with E-state index in [9.17, 15) is 4.79 Å². The molecule has 1 amide bonds. The van der Waals surface area contributed by atoms with Crippen molar-refractivity contribution in [3.63, 3.8) is 0 Å². The lowest BCUT2D eigenvalue weighted by Crippen LogP contribution is -1.74. The van der Waals surface area contributed by atoms with Gasteiger partial charge in [-0.2, -0.15) is 5.11 Å². The first-order valence-corrected chi connectivity index (χ1v) is 4.01. The second-order valence-corrected chi connectivity index (χ2v) is 2.64. The van der Waals surface area contributed by atoms with Gasteiger partial charge in [0.2, 0.25) is 0 Å². The molecular formula is C8H12N2O. The van der Waals surface area contributed by atoms with E-state index in [1.54, 1.807) is 0 Å². The molecule has 0 N–H and O–H groups in total. The predicted octanol–water partition coefficient (Wildman–Crippen LogP) is 2.44. The maximum atomic E-state index is 9.90. The van der Waals surface area contributed by atoms with Gasteiger partial charge in [0.1, 0.15) is 0 Å². The van der Waals surface area contributed by atoms with E-state index in [0.717, 1.165) is 0 Å². The molecule has 0 radical (unpaired) electrons. The van der Waals surface area contributed by atoms with Gasteiger partial charge in [-0.05, 0) is 0 Å². The molecule has 3 heteroatoms. The summed E-state index contributed by atoms with van der Waals surface area (Å²) in [7, 11) is 0. The summed E-state index contributed by atoms with van der Waals surface area (Å²) in [6.45, 7) is 0. The van der Waals surface area contributed by atoms with Gasteiger partial charge < -0.3 is 0 Å². The van der Waals surface area contributed by atoms with Gasteiger partial charge >= 0.3 is 0 Å². The summed E-state index contributed by atoms with van der Waals surface area (Å²) in [5, 5.41) is 6.37. The molecule has 2 rings (SSSR count). The van der Waals surface area contributed by atoms with Gasteiger partial charge in [0.25, 0.3) is 5.91 Å². The Morgan fingerprint density at radius 3 is 1.82 bits per heavy atom. The SMILES string of the molecule is C1CCCC1.O=C1C=CN=N1. The second-order valence-electron chi connectivity index (χ2n) is 2.64. The molecule has 1 aliphatic heterocycles. The number of carbonyl (C=O) groups is 1. The summed E-state index contributed by atoms with van der Waals surface area (Å²) in [4.78, 5) is 9.90. The Kier molecular flexibility index (Phi) is 3.52. The van der Waals surface area contributed by atoms with Crippen molar-refractivity contribution in [1.82, 2.24) is 0 Å². The lowest BCUT2D eigenvalue weighted by molar-refractivity contribution is -0.113. The fourth-order valence-electron chi connectivity index (χ4n) is 1.10. The molecule has 11 heavy (non-hydrogen) atoms. The highest BCUT2D eigenvalue weighted by molar-refractivity contribution is 5.89. The first-order chi connectivity index (χ1) is 5.39. The number of nitrogens with zero attached hydrogens (tertiary/aromatic N) is 2. The largest absolute Gasteiger partial charge is 0.289 e. The van der Waals surface area contributed by atoms with Crippen LogP contribution in [0.1, 0.15) is 32.1 Å². The van der Waals surface area contributed by atoms with Gasteiger partial charge in [-0.25, -0.2) is 0 Å². The molecule has 1 fully saturated rings. The average Bonchev–Trinajstić information content (AvgIpc) is 2.57. The van der Waals surface area contributed by atoms with Crippen molar-refractivity contribution in [2.24, 2.45) is 10.2 Å². The fraction of sp³-hybridized carbons (Fsp3) is 0.625. The second kappa shape index (κ2) is 4.77. The van der Waals surface area contributed by atoms with Crippen LogP contribution >= 0.6 is 0 Å². The zero-order chi connectivity index (χ0) is 7.94. The van der Waals surface area contributed by atoms with Crippen LogP contribution in [-0.4, -0.2) is 5.91 Å². The molecule has 1 aliphatic carbocycles. The summed E-state index contributed by atoms with van der Waals surface area (Å²) in [5.41, 5.74) is 0. The van der Waals surface area contributed by atoms with E-state index in [4.69, 9.17) is 0 Å². The van der Waals surface area contributed by atoms with Crippen molar-refractivity contribution in [3.05, 3.63) is 12.3 Å². The smallest absolute Gasteiger partial charge is 0.266 e. The molecule has 0 atom stereocenters. The van der Waals surface area contributed by atoms with Crippen LogP contribution in [0, 0.1) is 0 Å². The van der Waals surface area contributed by atoms with Crippen LogP contribution in [0.5, 0.6) is 0 Å². The van der Waals surface area contributed by atoms with E-state index >= 15 is 0 Å². The Labute approximate surface area is 66.2 Å². The Balaban J connectivity index is 0.000000112. The van der Waals surface area contributed by atoms with Crippen molar-refractivity contribution in [3.8, 4) is 0 Å². The van der Waals surface area contributed by atoms with Crippen molar-refractivity contribution in [2.45, 2.75) is 32.1 Å². The predicted molar refractivity (Wildman–Crippen MR) is 42.1 cm³/mol. The summed E-state index contributed by atoms with van der Waals surface area (Å²) in [6, 6.07) is 0. The summed E-state index contributed by atoms with van der Waals surface area (Å²) in [5.74, 6) is -0.269. The zero-order valence-electron chi connectivity index (χ0n) is 6.49. The molecule has 0 saturated heterocycles. The highest BCUT2D eigenvalue weighted by Gasteiger charge is 1.95. The van der Waals surface area contributed by atoms with Crippen molar-refractivity contribution >= 4 is 5.91 Å². The third kappa shape index (κ3) is 3.65. The van der Waals surface area contributed by atoms with Gasteiger partial charge in [-0.3, -0.25) is 4.79 Å². The third-order valence-corrected chi connectivity index (χ3v) is 1.69. The van der Waals surface area contributed by atoms with E-state index in [1.807, 2.05) is 0 Å². The van der Waals surface area contributed by atoms with Crippen LogP contribution in [0.25, 0.3) is 0 Å². The highest BCUT2D eigenvalue weighted by Crippen LogP contribution is 2.15. The number of hydrogen-bond donors (Lipinski definition) is 0. The van der Waals surface area contributed by atoms with Gasteiger partial charge in [-0.15, -0.1) is 5.11 Å². The Morgan fingerprint density at radius 1 is 1.09 bits per heavy atom. The number of carbonyl (C=O) groups excluding carboxylic acids is 1. The first-order valence-electron chi connectivity index (χ1n) is 4.01. The molecule has 0 unspecified atom stereocenters. The molecule has 1 saturated carbocycles. The summed E-state index contributed by atoms with van der Waals surface area (Å²) >= 11 is 0. The number of azo groups is 1. The molecule has 2 aliphatic rings. The Morgan fingerprint density at radius 2 is 1.64 bits per heavy atom. The quantitative estimate of drug-likeness (QED) is 0.525. The number of amides is 1. The van der Waals surface area contributed by atoms with E-state index in [0.29, 0.717) is 0 Å². The van der Waals surface area contributed by atoms with Crippen LogP contribution in [0.2, 0.25) is 0 Å². The minimum absolute atomic E-state index is 0.269. The minimum atomic E-state index is -0.269. The van der Waals surface area contributed by atoms with E-state index in [1.165, 1.54) is 44.4 Å². The molecular weight excluding hydrogens is 140 g/mol. The van der Waals surface area contributed by atoms with E-state index < -0.39 is 0 Å². The van der Waals surface area contributed by atoms with Crippen LogP contribution in [0.3, 0.4) is 0 Å². The number of rotatable bonds is 0. The average molecular weight is 152 g/mol. The Hall–Kier alpha value is -0.990. The first kappa shape index (κ1) is 8.11. The lowest BCUT2D eigenvalue weighted by atomic mass is 10.4. The topological polar surface area (TPSA) is 41.8 Å². The van der Waals surface area contributed by atoms with E-state index in [-0.39, 0.29) is 5.91 Å². The zero-order valence-corrected chi connectivity index (χ0v) is 6.49. The lowest BCUT2D eigenvalue weighted by Gasteiger charge is -1.67. The van der Waals surface area contributed by atoms with Crippen LogP contribution in [0.15, 0.2) is 22.5 Å². The van der Waals surface area contributed by atoms with Crippen molar-refractivity contribution in [2.75, 3.05) is 0 Å². The Bertz CT molecular complexity index is 159. The van der Waals surface area contributed by atoms with Crippen LogP contribution < -0.4 is 0 Å². The molecule has 1 heterocycles. The molecule has 0 spiro atoms. The van der Waals surface area contributed by atoms with Gasteiger partial charge in [0, 0.05) is 6.08 Å². The maximum Gasteiger partial charge on any atom is 0.289 e. The van der Waals surface area contributed by atoms with Crippen molar-refractivity contribution < 1.29 is 4.79 Å². The molecule has 0 aromatic rings. The highest BCUT2D eigenvalue weighted by atomic mass is 16.1. The van der Waals surface area contributed by atoms with Crippen LogP contribution in [-0.2, 0) is 4.79 Å². The molecule has 0 bridgehead atoms. The monoisotopic (exact) mass is 152 g/mol. The standard InChI is InChI=1S/C5H10.C3H2N2O/c1-2-4-5-3-1;6-3-1-2-4-5-3/h1-5H2;1-2H. The minimum Gasteiger partial charge on any atom is -0.266 e. The van der Waals surface area contributed by atoms with Gasteiger partial charge in [0.05, 0.1) is 6.20 Å². The van der Waals surface area contributed by atoms with Gasteiger partial charge in [0.15, 0.2) is 0 Å². The van der Waals surface area contributed by atoms with Crippen LogP contribution in [0.4, 0.5) is 0 Å². The maximum absolute atomic E-state index is 9.90.